The fourth-order valence-corrected chi connectivity index (χ4v) is 0.900. The quantitative estimate of drug-likeness (QED) is 0.631. The highest BCUT2D eigenvalue weighted by molar-refractivity contribution is 9.08. The third-order valence-corrected chi connectivity index (χ3v) is 1.28. The average molecular weight is 179 g/mol. The van der Waals surface area contributed by atoms with E-state index < -0.39 is 0 Å². The minimum atomic E-state index is 0.231. The van der Waals surface area contributed by atoms with E-state index in [2.05, 4.69) is 25.6 Å². The highest BCUT2D eigenvalue weighted by Crippen LogP contribution is 2.02. The summed E-state index contributed by atoms with van der Waals surface area (Å²) in [6, 6.07) is 0. The first-order chi connectivity index (χ1) is 3.93. The molecule has 0 radical (unpaired) electrons. The van der Waals surface area contributed by atoms with E-state index in [0.29, 0.717) is 0 Å². The molecule has 4 heteroatoms. The summed E-state index contributed by atoms with van der Waals surface area (Å²) in [5.41, 5.74) is 0. The van der Waals surface area contributed by atoms with Crippen LogP contribution in [0, 0.1) is 0 Å². The van der Waals surface area contributed by atoms with Crippen LogP contribution in [0.5, 0.6) is 0 Å². The third-order valence-electron chi connectivity index (χ3n) is 0.958. The molecule has 0 saturated carbocycles. The van der Waals surface area contributed by atoms with E-state index in [0.717, 1.165) is 13.0 Å². The van der Waals surface area contributed by atoms with Crippen LogP contribution < -0.4 is 4.34 Å². The van der Waals surface area contributed by atoms with Crippen LogP contribution in [0.3, 0.4) is 0 Å². The van der Waals surface area contributed by atoms with Crippen molar-refractivity contribution in [1.82, 2.24) is 4.34 Å². The summed E-state index contributed by atoms with van der Waals surface area (Å²) in [6.07, 6.45) is 2.92. The molecule has 0 aromatic carbocycles. The zero-order chi connectivity index (χ0) is 5.82. The molecule has 46 valence electrons. The van der Waals surface area contributed by atoms with Gasteiger partial charge in [-0.3, -0.25) is 4.34 Å². The molecule has 1 aliphatic heterocycles. The minimum Gasteiger partial charge on any atom is -0.391 e. The Morgan fingerprint density at radius 1 is 2.00 bits per heavy atom. The van der Waals surface area contributed by atoms with Gasteiger partial charge in [0.25, 0.3) is 0 Å². The Labute approximate surface area is 56.4 Å². The van der Waals surface area contributed by atoms with Crippen LogP contribution >= 0.6 is 16.1 Å². The second kappa shape index (κ2) is 3.04. The molecule has 0 amide bonds. The van der Waals surface area contributed by atoms with Crippen molar-refractivity contribution in [2.45, 2.75) is 12.5 Å². The number of nitrogens with zero attached hydrogens (tertiary/aromatic N) is 1. The van der Waals surface area contributed by atoms with E-state index in [4.69, 9.17) is 4.84 Å². The monoisotopic (exact) mass is 178 g/mol. The Morgan fingerprint density at radius 2 is 2.88 bits per heavy atom. The molecule has 0 aromatic rings. The topological polar surface area (TPSA) is 33.6 Å². The molecule has 0 saturated heterocycles. The van der Waals surface area contributed by atoms with E-state index in [9.17, 15) is 0 Å². The molecule has 1 unspecified atom stereocenters. The molecule has 3 nitrogen and oxygen atoms in total. The fraction of sp³-hybridized carbons (Fsp3) is 0.750. The maximum Gasteiger partial charge on any atom is 0.145 e. The molecule has 0 fully saturated rings. The maximum absolute atomic E-state index is 4.87. The lowest BCUT2D eigenvalue weighted by molar-refractivity contribution is 0.0900. The Morgan fingerprint density at radius 3 is 3.38 bits per heavy atom. The van der Waals surface area contributed by atoms with Gasteiger partial charge in [0, 0.05) is 35.3 Å². The molecule has 8 heavy (non-hydrogen) atoms. The molecule has 1 rings (SSSR count). The van der Waals surface area contributed by atoms with Crippen LogP contribution in [-0.4, -0.2) is 18.9 Å². The van der Waals surface area contributed by atoms with Crippen LogP contribution in [-0.2, 0) is 4.84 Å². The first-order valence-corrected chi connectivity index (χ1v) is 3.24. The van der Waals surface area contributed by atoms with E-state index in [-0.39, 0.29) is 6.10 Å². The number of halogens is 1. The van der Waals surface area contributed by atoms with Crippen molar-refractivity contribution in [2.75, 3.05) is 6.54 Å². The highest BCUT2D eigenvalue weighted by atomic mass is 79.9. The van der Waals surface area contributed by atoms with Gasteiger partial charge in [0.1, 0.15) is 6.10 Å². The van der Waals surface area contributed by atoms with Gasteiger partial charge in [-0.05, 0) is 0 Å². The van der Waals surface area contributed by atoms with Crippen LogP contribution in [0.2, 0.25) is 0 Å². The van der Waals surface area contributed by atoms with Gasteiger partial charge in [-0.15, -0.1) is 0 Å². The average Bonchev–Trinajstić information content (AvgIpc) is 2.19. The molecule has 1 N–H and O–H groups in total. The lowest BCUT2D eigenvalue weighted by Gasteiger charge is -2.03. The molecule has 1 heterocycles. The molecule has 1 aliphatic rings. The van der Waals surface area contributed by atoms with Gasteiger partial charge >= 0.3 is 0 Å². The number of nitrogens with one attached hydrogen (secondary N) is 1. The van der Waals surface area contributed by atoms with E-state index in [1.165, 1.54) is 0 Å². The Bertz CT molecular complexity index is 88.0. The van der Waals surface area contributed by atoms with Crippen LogP contribution in [0.15, 0.2) is 5.16 Å². The van der Waals surface area contributed by atoms with Gasteiger partial charge in [-0.25, -0.2) is 0 Å². The lowest BCUT2D eigenvalue weighted by Crippen LogP contribution is -2.18. The van der Waals surface area contributed by atoms with E-state index in [1.807, 2.05) is 0 Å². The van der Waals surface area contributed by atoms with Crippen molar-refractivity contribution in [3.63, 3.8) is 0 Å². The van der Waals surface area contributed by atoms with E-state index >= 15 is 0 Å². The summed E-state index contributed by atoms with van der Waals surface area (Å²) < 4.78 is 2.82. The third kappa shape index (κ3) is 1.45. The zero-order valence-corrected chi connectivity index (χ0v) is 5.89. The molecule has 0 aliphatic carbocycles. The molecule has 0 bridgehead atoms. The van der Waals surface area contributed by atoms with Crippen molar-refractivity contribution in [1.29, 1.82) is 0 Å². The normalized spacial score (nSPS) is 25.9. The maximum atomic E-state index is 4.87. The highest BCUT2D eigenvalue weighted by Gasteiger charge is 2.10. The standard InChI is InChI=1S/C4H7BrN2O/c5-6-3-4-1-2-7-8-4/h2,4,6H,1,3H2. The lowest BCUT2D eigenvalue weighted by atomic mass is 10.3. The largest absolute Gasteiger partial charge is 0.391 e. The van der Waals surface area contributed by atoms with Crippen LogP contribution in [0.25, 0.3) is 0 Å². The predicted octanol–water partition coefficient (Wildman–Crippen LogP) is 0.661. The molecule has 0 spiro atoms. The van der Waals surface area contributed by atoms with Gasteiger partial charge in [0.2, 0.25) is 0 Å². The SMILES string of the molecule is BrNCC1CC=NO1. The van der Waals surface area contributed by atoms with E-state index in [1.54, 1.807) is 6.21 Å². The Balaban J connectivity index is 2.10. The Kier molecular flexibility index (Phi) is 2.29. The summed E-state index contributed by atoms with van der Waals surface area (Å²) in [5, 5.41) is 3.60. The van der Waals surface area contributed by atoms with Gasteiger partial charge in [0.05, 0.1) is 0 Å². The predicted molar refractivity (Wildman–Crippen MR) is 34.9 cm³/mol. The molecule has 0 aromatic heterocycles. The molecular formula is C4H7BrN2O. The Hall–Kier alpha value is -0.0900. The first kappa shape index (κ1) is 6.04. The number of hydrogen-bond donors (Lipinski definition) is 1. The summed E-state index contributed by atoms with van der Waals surface area (Å²) in [7, 11) is 0. The van der Waals surface area contributed by atoms with Gasteiger partial charge < -0.3 is 4.84 Å². The summed E-state index contributed by atoms with van der Waals surface area (Å²) >= 11 is 3.07. The van der Waals surface area contributed by atoms with Crippen molar-refractivity contribution in [3.8, 4) is 0 Å². The van der Waals surface area contributed by atoms with Crippen LogP contribution in [0.1, 0.15) is 6.42 Å². The van der Waals surface area contributed by atoms with Crippen molar-refractivity contribution >= 4 is 22.4 Å². The first-order valence-electron chi connectivity index (χ1n) is 2.44. The number of hydrogen-bond acceptors (Lipinski definition) is 3. The fourth-order valence-electron chi connectivity index (χ4n) is 0.539. The number of rotatable bonds is 2. The molecular weight excluding hydrogens is 172 g/mol. The number of oxime groups is 1. The molecule has 1 atom stereocenters. The second-order valence-electron chi connectivity index (χ2n) is 1.59. The van der Waals surface area contributed by atoms with Crippen molar-refractivity contribution in [3.05, 3.63) is 0 Å². The van der Waals surface area contributed by atoms with Crippen molar-refractivity contribution in [2.24, 2.45) is 5.16 Å². The summed E-state index contributed by atoms with van der Waals surface area (Å²) in [4.78, 5) is 4.87. The van der Waals surface area contributed by atoms with Gasteiger partial charge in [-0.1, -0.05) is 5.16 Å². The van der Waals surface area contributed by atoms with Crippen molar-refractivity contribution < 1.29 is 4.84 Å². The minimum absolute atomic E-state index is 0.231. The smallest absolute Gasteiger partial charge is 0.145 e. The van der Waals surface area contributed by atoms with Gasteiger partial charge in [0.15, 0.2) is 0 Å². The summed E-state index contributed by atoms with van der Waals surface area (Å²) in [6.45, 7) is 0.806. The van der Waals surface area contributed by atoms with Crippen LogP contribution in [0.4, 0.5) is 0 Å². The summed E-state index contributed by atoms with van der Waals surface area (Å²) in [5.74, 6) is 0. The zero-order valence-electron chi connectivity index (χ0n) is 4.30. The van der Waals surface area contributed by atoms with Gasteiger partial charge in [-0.2, -0.15) is 0 Å². The second-order valence-corrected chi connectivity index (χ2v) is 2.15.